The highest BCUT2D eigenvalue weighted by Crippen LogP contribution is 2.19. The number of nitrogens with two attached hydrogens (primary N) is 1. The lowest BCUT2D eigenvalue weighted by molar-refractivity contribution is 0.535. The van der Waals surface area contributed by atoms with Crippen molar-refractivity contribution in [2.45, 2.75) is 59.9 Å². The van der Waals surface area contributed by atoms with Gasteiger partial charge in [0.05, 0.1) is 17.6 Å². The van der Waals surface area contributed by atoms with E-state index in [-0.39, 0.29) is 6.04 Å². The maximum atomic E-state index is 6.04. The van der Waals surface area contributed by atoms with Crippen LogP contribution in [0.15, 0.2) is 18.3 Å². The maximum absolute atomic E-state index is 6.04. The fourth-order valence-electron chi connectivity index (χ4n) is 2.21. The fourth-order valence-corrected chi connectivity index (χ4v) is 2.21. The van der Waals surface area contributed by atoms with Gasteiger partial charge in [0.15, 0.2) is 0 Å². The van der Waals surface area contributed by atoms with E-state index in [1.807, 2.05) is 6.20 Å². The van der Waals surface area contributed by atoms with Crippen molar-refractivity contribution in [2.75, 3.05) is 18.0 Å². The Labute approximate surface area is 130 Å². The molecule has 0 saturated heterocycles. The van der Waals surface area contributed by atoms with Crippen molar-refractivity contribution < 1.29 is 0 Å². The van der Waals surface area contributed by atoms with Crippen LogP contribution in [0.5, 0.6) is 0 Å². The molecule has 0 aliphatic heterocycles. The molecule has 0 aliphatic carbocycles. The Morgan fingerprint density at radius 3 is 2.00 bits per heavy atom. The van der Waals surface area contributed by atoms with E-state index in [4.69, 9.17) is 5.73 Å². The number of nitrogens with zero attached hydrogens (tertiary/aromatic N) is 2. The molecule has 21 heavy (non-hydrogen) atoms. The van der Waals surface area contributed by atoms with E-state index in [0.717, 1.165) is 37.0 Å². The molecule has 3 heteroatoms. The molecule has 1 atom stereocenters. The lowest BCUT2D eigenvalue weighted by Crippen LogP contribution is -2.27. The quantitative estimate of drug-likeness (QED) is 0.733. The molecule has 1 rings (SSSR count). The Bertz CT molecular complexity index is 372. The van der Waals surface area contributed by atoms with Crippen molar-refractivity contribution in [3.05, 3.63) is 24.0 Å². The second-order valence-electron chi connectivity index (χ2n) is 6.81. The summed E-state index contributed by atoms with van der Waals surface area (Å²) in [5, 5.41) is 0. The van der Waals surface area contributed by atoms with Crippen molar-refractivity contribution in [2.24, 2.45) is 17.6 Å². The molecule has 0 amide bonds. The van der Waals surface area contributed by atoms with Crippen LogP contribution in [-0.4, -0.2) is 18.1 Å². The van der Waals surface area contributed by atoms with Gasteiger partial charge in [0.2, 0.25) is 0 Å². The Hall–Kier alpha value is -1.09. The SMILES string of the molecule is CC[C@H](N)c1ccc(N(CCC(C)C)CCC(C)C)cn1. The van der Waals surface area contributed by atoms with Crippen LogP contribution in [0, 0.1) is 11.8 Å². The predicted octanol–water partition coefficient (Wildman–Crippen LogP) is 4.39. The van der Waals surface area contributed by atoms with E-state index in [2.05, 4.69) is 56.6 Å². The fraction of sp³-hybridized carbons (Fsp3) is 0.722. The molecule has 3 nitrogen and oxygen atoms in total. The molecule has 0 saturated carbocycles. The minimum absolute atomic E-state index is 0.0545. The summed E-state index contributed by atoms with van der Waals surface area (Å²) >= 11 is 0. The zero-order valence-corrected chi connectivity index (χ0v) is 14.5. The van der Waals surface area contributed by atoms with Gasteiger partial charge in [0.25, 0.3) is 0 Å². The highest BCUT2D eigenvalue weighted by atomic mass is 15.1. The summed E-state index contributed by atoms with van der Waals surface area (Å²) in [5.74, 6) is 1.46. The molecule has 0 bridgehead atoms. The van der Waals surface area contributed by atoms with Crippen LogP contribution in [0.1, 0.15) is 65.6 Å². The summed E-state index contributed by atoms with van der Waals surface area (Å²) in [7, 11) is 0. The van der Waals surface area contributed by atoms with Crippen LogP contribution >= 0.6 is 0 Å². The minimum Gasteiger partial charge on any atom is -0.370 e. The van der Waals surface area contributed by atoms with Crippen LogP contribution in [0.25, 0.3) is 0 Å². The number of rotatable bonds is 9. The zero-order chi connectivity index (χ0) is 15.8. The Morgan fingerprint density at radius 1 is 1.05 bits per heavy atom. The smallest absolute Gasteiger partial charge is 0.0572 e. The van der Waals surface area contributed by atoms with Crippen LogP contribution in [0.3, 0.4) is 0 Å². The molecular weight excluding hydrogens is 258 g/mol. The van der Waals surface area contributed by atoms with E-state index in [1.165, 1.54) is 18.5 Å². The highest BCUT2D eigenvalue weighted by Gasteiger charge is 2.11. The molecule has 1 aromatic heterocycles. The largest absolute Gasteiger partial charge is 0.370 e. The van der Waals surface area contributed by atoms with Crippen molar-refractivity contribution in [1.82, 2.24) is 4.98 Å². The maximum Gasteiger partial charge on any atom is 0.0572 e. The molecule has 1 heterocycles. The Balaban J connectivity index is 2.75. The van der Waals surface area contributed by atoms with Gasteiger partial charge in [-0.05, 0) is 43.2 Å². The monoisotopic (exact) mass is 291 g/mol. The van der Waals surface area contributed by atoms with Gasteiger partial charge in [0, 0.05) is 19.1 Å². The summed E-state index contributed by atoms with van der Waals surface area (Å²) in [6.45, 7) is 13.4. The van der Waals surface area contributed by atoms with Crippen LogP contribution in [-0.2, 0) is 0 Å². The van der Waals surface area contributed by atoms with Gasteiger partial charge in [0.1, 0.15) is 0 Å². The minimum atomic E-state index is 0.0545. The van der Waals surface area contributed by atoms with Crippen molar-refractivity contribution in [1.29, 1.82) is 0 Å². The summed E-state index contributed by atoms with van der Waals surface area (Å²) < 4.78 is 0. The van der Waals surface area contributed by atoms with Crippen LogP contribution < -0.4 is 10.6 Å². The van der Waals surface area contributed by atoms with E-state index >= 15 is 0 Å². The zero-order valence-electron chi connectivity index (χ0n) is 14.5. The van der Waals surface area contributed by atoms with Crippen molar-refractivity contribution in [3.63, 3.8) is 0 Å². The molecule has 0 unspecified atom stereocenters. The molecule has 2 N–H and O–H groups in total. The average molecular weight is 291 g/mol. The first kappa shape index (κ1) is 18.0. The number of hydrogen-bond acceptors (Lipinski definition) is 3. The highest BCUT2D eigenvalue weighted by molar-refractivity contribution is 5.44. The Morgan fingerprint density at radius 2 is 1.62 bits per heavy atom. The van der Waals surface area contributed by atoms with Crippen molar-refractivity contribution >= 4 is 5.69 Å². The third-order valence-electron chi connectivity index (χ3n) is 3.91. The second kappa shape index (κ2) is 9.04. The van der Waals surface area contributed by atoms with Gasteiger partial charge in [-0.2, -0.15) is 0 Å². The topological polar surface area (TPSA) is 42.1 Å². The van der Waals surface area contributed by atoms with Gasteiger partial charge in [-0.1, -0.05) is 34.6 Å². The van der Waals surface area contributed by atoms with Gasteiger partial charge >= 0.3 is 0 Å². The molecule has 0 aromatic carbocycles. The summed E-state index contributed by atoms with van der Waals surface area (Å²) in [5.41, 5.74) is 8.26. The second-order valence-corrected chi connectivity index (χ2v) is 6.81. The lowest BCUT2D eigenvalue weighted by atomic mass is 10.1. The Kier molecular flexibility index (Phi) is 7.73. The number of pyridine rings is 1. The molecule has 0 aliphatic rings. The molecule has 0 fully saturated rings. The number of aromatic nitrogens is 1. The third-order valence-corrected chi connectivity index (χ3v) is 3.91. The van der Waals surface area contributed by atoms with Gasteiger partial charge < -0.3 is 10.6 Å². The molecule has 0 spiro atoms. The molecule has 120 valence electrons. The first-order chi connectivity index (χ1) is 9.93. The van der Waals surface area contributed by atoms with Gasteiger partial charge in [-0.15, -0.1) is 0 Å². The van der Waals surface area contributed by atoms with Crippen LogP contribution in [0.4, 0.5) is 5.69 Å². The van der Waals surface area contributed by atoms with E-state index < -0.39 is 0 Å². The molecule has 0 radical (unpaired) electrons. The van der Waals surface area contributed by atoms with Crippen molar-refractivity contribution in [3.8, 4) is 0 Å². The summed E-state index contributed by atoms with van der Waals surface area (Å²) in [4.78, 5) is 7.02. The first-order valence-corrected chi connectivity index (χ1v) is 8.40. The molecular formula is C18H33N3. The van der Waals surface area contributed by atoms with Crippen LogP contribution in [0.2, 0.25) is 0 Å². The van der Waals surface area contributed by atoms with E-state index in [0.29, 0.717) is 0 Å². The van der Waals surface area contributed by atoms with Gasteiger partial charge in [-0.3, -0.25) is 4.98 Å². The standard InChI is InChI=1S/C18H33N3/c1-6-17(19)18-8-7-16(13-20-18)21(11-9-14(2)3)12-10-15(4)5/h7-8,13-15,17H,6,9-12,19H2,1-5H3/t17-/m0/s1. The third kappa shape index (κ3) is 6.47. The number of hydrogen-bond donors (Lipinski definition) is 1. The van der Waals surface area contributed by atoms with Gasteiger partial charge in [-0.25, -0.2) is 0 Å². The summed E-state index contributed by atoms with van der Waals surface area (Å²) in [6.07, 6.45) is 5.35. The predicted molar refractivity (Wildman–Crippen MR) is 92.6 cm³/mol. The number of anilines is 1. The van der Waals surface area contributed by atoms with E-state index in [1.54, 1.807) is 0 Å². The average Bonchev–Trinajstić information content (AvgIpc) is 2.46. The molecule has 1 aromatic rings. The first-order valence-electron chi connectivity index (χ1n) is 8.40. The summed E-state index contributed by atoms with van der Waals surface area (Å²) in [6, 6.07) is 4.32. The normalized spacial score (nSPS) is 13.0. The lowest BCUT2D eigenvalue weighted by Gasteiger charge is -2.26. The van der Waals surface area contributed by atoms with E-state index in [9.17, 15) is 0 Å².